The molecule has 1 aliphatic rings. The second-order valence-corrected chi connectivity index (χ2v) is 7.93. The van der Waals surface area contributed by atoms with Crippen molar-refractivity contribution in [3.8, 4) is 0 Å². The maximum atomic E-state index is 12.2. The van der Waals surface area contributed by atoms with Crippen LogP contribution in [0, 0.1) is 5.92 Å². The van der Waals surface area contributed by atoms with Crippen molar-refractivity contribution >= 4 is 5.97 Å². The van der Waals surface area contributed by atoms with Crippen molar-refractivity contribution in [3.63, 3.8) is 0 Å². The number of carbonyl (C=O) groups excluding carboxylic acids is 1. The molecule has 0 radical (unpaired) electrons. The molecule has 158 valence electrons. The van der Waals surface area contributed by atoms with Gasteiger partial charge in [0.1, 0.15) is 0 Å². The number of hydrogen-bond donors (Lipinski definition) is 0. The molecule has 0 aromatic carbocycles. The fourth-order valence-corrected chi connectivity index (χ4v) is 3.88. The van der Waals surface area contributed by atoms with Gasteiger partial charge in [0.2, 0.25) is 0 Å². The lowest BCUT2D eigenvalue weighted by Gasteiger charge is -2.21. The molecule has 1 saturated heterocycles. The van der Waals surface area contributed by atoms with E-state index in [1.54, 1.807) is 0 Å². The largest absolute Gasteiger partial charge is 0.466 e. The Morgan fingerprint density at radius 2 is 1.59 bits per heavy atom. The van der Waals surface area contributed by atoms with Crippen LogP contribution < -0.4 is 0 Å². The topological polar surface area (TPSA) is 35.5 Å². The Morgan fingerprint density at radius 1 is 0.963 bits per heavy atom. The van der Waals surface area contributed by atoms with E-state index >= 15 is 0 Å². The Morgan fingerprint density at radius 3 is 2.19 bits per heavy atom. The molecule has 1 aliphatic heterocycles. The summed E-state index contributed by atoms with van der Waals surface area (Å²) in [7, 11) is 0. The first kappa shape index (κ1) is 24.2. The van der Waals surface area contributed by atoms with Crippen LogP contribution in [0.15, 0.2) is 12.2 Å². The van der Waals surface area contributed by atoms with Crippen LogP contribution in [0.4, 0.5) is 0 Å². The van der Waals surface area contributed by atoms with Gasteiger partial charge in [-0.15, -0.1) is 0 Å². The lowest BCUT2D eigenvalue weighted by molar-refractivity contribution is -0.152. The van der Waals surface area contributed by atoms with Crippen molar-refractivity contribution in [2.24, 2.45) is 5.92 Å². The summed E-state index contributed by atoms with van der Waals surface area (Å²) >= 11 is 0. The normalized spacial score (nSPS) is 18.2. The summed E-state index contributed by atoms with van der Waals surface area (Å²) in [6, 6.07) is 0. The monoisotopic (exact) mass is 380 g/mol. The van der Waals surface area contributed by atoms with Gasteiger partial charge in [-0.2, -0.15) is 0 Å². The number of hydrogen-bond acceptors (Lipinski definition) is 3. The van der Waals surface area contributed by atoms with E-state index in [-0.39, 0.29) is 18.0 Å². The highest BCUT2D eigenvalue weighted by atomic mass is 16.5. The van der Waals surface area contributed by atoms with E-state index in [9.17, 15) is 4.79 Å². The van der Waals surface area contributed by atoms with Crippen molar-refractivity contribution in [3.05, 3.63) is 12.2 Å². The first-order chi connectivity index (χ1) is 13.3. The summed E-state index contributed by atoms with van der Waals surface area (Å²) in [5, 5.41) is 0. The van der Waals surface area contributed by atoms with Gasteiger partial charge in [0.25, 0.3) is 0 Å². The number of esters is 1. The molecule has 27 heavy (non-hydrogen) atoms. The van der Waals surface area contributed by atoms with Crippen molar-refractivity contribution in [2.45, 2.75) is 116 Å². The standard InChI is InChI=1S/C24H44O3/c1-3-5-6-7-8-9-10-11-12-13-14-15-16-17-19-22(24(25)26-4-2)23-20-18-21-27-23/h11-12,22-23H,3-10,13-21H2,1-2H3/b12-11-. The predicted octanol–water partition coefficient (Wildman–Crippen LogP) is 6.99. The second kappa shape index (κ2) is 17.3. The van der Waals surface area contributed by atoms with Crippen molar-refractivity contribution in [1.82, 2.24) is 0 Å². The molecule has 2 atom stereocenters. The zero-order valence-corrected chi connectivity index (χ0v) is 18.1. The molecule has 0 aromatic heterocycles. The maximum absolute atomic E-state index is 12.2. The summed E-state index contributed by atoms with van der Waals surface area (Å²) in [6.45, 7) is 5.41. The Hall–Kier alpha value is -0.830. The average molecular weight is 381 g/mol. The van der Waals surface area contributed by atoms with Crippen LogP contribution in [0.25, 0.3) is 0 Å². The van der Waals surface area contributed by atoms with Crippen LogP contribution in [-0.4, -0.2) is 25.3 Å². The fourth-order valence-electron chi connectivity index (χ4n) is 3.88. The Balaban J connectivity index is 1.99. The summed E-state index contributed by atoms with van der Waals surface area (Å²) < 4.78 is 11.0. The zero-order valence-electron chi connectivity index (χ0n) is 18.1. The molecule has 1 rings (SSSR count). The van der Waals surface area contributed by atoms with E-state index in [1.165, 1.54) is 70.6 Å². The van der Waals surface area contributed by atoms with Crippen LogP contribution in [0.3, 0.4) is 0 Å². The number of unbranched alkanes of at least 4 members (excludes halogenated alkanes) is 10. The van der Waals surface area contributed by atoms with Gasteiger partial charge in [-0.05, 0) is 51.9 Å². The number of rotatable bonds is 17. The van der Waals surface area contributed by atoms with E-state index in [0.717, 1.165) is 32.3 Å². The van der Waals surface area contributed by atoms with Crippen molar-refractivity contribution < 1.29 is 14.3 Å². The maximum Gasteiger partial charge on any atom is 0.311 e. The lowest BCUT2D eigenvalue weighted by Crippen LogP contribution is -2.29. The molecule has 3 nitrogen and oxygen atoms in total. The average Bonchev–Trinajstić information content (AvgIpc) is 3.19. The third-order valence-corrected chi connectivity index (χ3v) is 5.53. The van der Waals surface area contributed by atoms with Gasteiger partial charge in [-0.1, -0.05) is 70.4 Å². The molecule has 1 fully saturated rings. The quantitative estimate of drug-likeness (QED) is 0.155. The molecule has 0 bridgehead atoms. The number of ether oxygens (including phenoxy) is 2. The van der Waals surface area contributed by atoms with E-state index in [4.69, 9.17) is 9.47 Å². The molecule has 0 saturated carbocycles. The van der Waals surface area contributed by atoms with E-state index in [0.29, 0.717) is 6.61 Å². The van der Waals surface area contributed by atoms with Crippen molar-refractivity contribution in [2.75, 3.05) is 13.2 Å². The molecule has 0 aliphatic carbocycles. The summed E-state index contributed by atoms with van der Waals surface area (Å²) in [5.41, 5.74) is 0. The summed E-state index contributed by atoms with van der Waals surface area (Å²) in [6.07, 6.45) is 23.3. The third kappa shape index (κ3) is 12.3. The molecule has 3 heteroatoms. The van der Waals surface area contributed by atoms with Gasteiger partial charge in [-0.3, -0.25) is 4.79 Å². The van der Waals surface area contributed by atoms with Crippen LogP contribution in [0.2, 0.25) is 0 Å². The minimum atomic E-state index is -0.0537. The minimum Gasteiger partial charge on any atom is -0.466 e. The third-order valence-electron chi connectivity index (χ3n) is 5.53. The predicted molar refractivity (Wildman–Crippen MR) is 114 cm³/mol. The summed E-state index contributed by atoms with van der Waals surface area (Å²) in [4.78, 5) is 12.2. The number of carbonyl (C=O) groups is 1. The van der Waals surface area contributed by atoms with Gasteiger partial charge in [0.15, 0.2) is 0 Å². The van der Waals surface area contributed by atoms with Gasteiger partial charge in [0.05, 0.1) is 18.6 Å². The van der Waals surface area contributed by atoms with Crippen LogP contribution in [-0.2, 0) is 14.3 Å². The van der Waals surface area contributed by atoms with E-state index in [1.807, 2.05) is 6.92 Å². The van der Waals surface area contributed by atoms with Gasteiger partial charge in [-0.25, -0.2) is 0 Å². The first-order valence-corrected chi connectivity index (χ1v) is 11.7. The van der Waals surface area contributed by atoms with E-state index < -0.39 is 0 Å². The molecular weight excluding hydrogens is 336 g/mol. The van der Waals surface area contributed by atoms with Gasteiger partial charge >= 0.3 is 5.97 Å². The summed E-state index contributed by atoms with van der Waals surface area (Å²) in [5.74, 6) is -0.105. The molecular formula is C24H44O3. The zero-order chi connectivity index (χ0) is 19.6. The number of allylic oxidation sites excluding steroid dienone is 2. The van der Waals surface area contributed by atoms with Gasteiger partial charge < -0.3 is 9.47 Å². The Kier molecular flexibility index (Phi) is 15.5. The molecule has 0 aromatic rings. The smallest absolute Gasteiger partial charge is 0.311 e. The molecule has 0 amide bonds. The highest BCUT2D eigenvalue weighted by molar-refractivity contribution is 5.73. The molecule has 0 N–H and O–H groups in total. The van der Waals surface area contributed by atoms with E-state index in [2.05, 4.69) is 19.1 Å². The minimum absolute atomic E-state index is 0.0512. The lowest BCUT2D eigenvalue weighted by atomic mass is 9.93. The molecule has 0 spiro atoms. The fraction of sp³-hybridized carbons (Fsp3) is 0.875. The van der Waals surface area contributed by atoms with Crippen molar-refractivity contribution in [1.29, 1.82) is 0 Å². The van der Waals surface area contributed by atoms with Crippen LogP contribution in [0.5, 0.6) is 0 Å². The van der Waals surface area contributed by atoms with Crippen LogP contribution in [0.1, 0.15) is 110 Å². The molecule has 1 heterocycles. The highest BCUT2D eigenvalue weighted by Gasteiger charge is 2.32. The SMILES string of the molecule is CCCCCCCC/C=C\CCCCCCC(C(=O)OCC)C1CCCO1. The highest BCUT2D eigenvalue weighted by Crippen LogP contribution is 2.26. The van der Waals surface area contributed by atoms with Gasteiger partial charge in [0, 0.05) is 6.61 Å². The van der Waals surface area contributed by atoms with Crippen LogP contribution >= 0.6 is 0 Å². The first-order valence-electron chi connectivity index (χ1n) is 11.7. The Labute approximate surface area is 168 Å². The Bertz CT molecular complexity index is 372. The second-order valence-electron chi connectivity index (χ2n) is 7.93. The molecule has 2 unspecified atom stereocenters.